The summed E-state index contributed by atoms with van der Waals surface area (Å²) in [6.45, 7) is 6.89. The predicted octanol–water partition coefficient (Wildman–Crippen LogP) is 6.69. The number of methoxy groups -OCH3 is 1. The summed E-state index contributed by atoms with van der Waals surface area (Å²) in [5.41, 5.74) is 4.19. The lowest BCUT2D eigenvalue weighted by molar-refractivity contribution is 0.320. The van der Waals surface area contributed by atoms with E-state index in [1.165, 1.54) is 42.7 Å². The van der Waals surface area contributed by atoms with E-state index >= 15 is 0 Å². The third kappa shape index (κ3) is 4.37. The summed E-state index contributed by atoms with van der Waals surface area (Å²) in [6, 6.07) is 20.2. The molecule has 3 nitrogen and oxygen atoms in total. The average molecular weight is 408 g/mol. The second-order valence-electron chi connectivity index (χ2n) is 9.16. The third-order valence-electron chi connectivity index (χ3n) is 5.97. The minimum atomic E-state index is -1.66. The number of nitrogens with zero attached hydrogens (tertiary/aromatic N) is 1. The number of benzene rings is 2. The van der Waals surface area contributed by atoms with Gasteiger partial charge in [0.05, 0.1) is 25.0 Å². The van der Waals surface area contributed by atoms with E-state index in [0.717, 1.165) is 12.2 Å². The highest BCUT2D eigenvalue weighted by Gasteiger charge is 2.39. The molecule has 1 aliphatic heterocycles. The number of ether oxygens (including phenoxy) is 1. The topological polar surface area (TPSA) is 21.7 Å². The van der Waals surface area contributed by atoms with Gasteiger partial charge in [0.2, 0.25) is 8.32 Å². The van der Waals surface area contributed by atoms with Gasteiger partial charge in [-0.2, -0.15) is 0 Å². The Bertz CT molecular complexity index is 855. The van der Waals surface area contributed by atoms with Gasteiger partial charge in [0.1, 0.15) is 5.75 Å². The summed E-state index contributed by atoms with van der Waals surface area (Å²) in [5, 5.41) is 0. The maximum atomic E-state index is 6.70. The van der Waals surface area contributed by atoms with E-state index in [9.17, 15) is 0 Å². The van der Waals surface area contributed by atoms with E-state index in [0.29, 0.717) is 6.04 Å². The largest absolute Gasteiger partial charge is 0.547 e. The maximum absolute atomic E-state index is 6.70. The van der Waals surface area contributed by atoms with Crippen LogP contribution in [0.5, 0.6) is 5.75 Å². The lowest BCUT2D eigenvalue weighted by Crippen LogP contribution is -2.46. The summed E-state index contributed by atoms with van der Waals surface area (Å²) in [7, 11) is 0.0611. The monoisotopic (exact) mass is 407 g/mol. The quantitative estimate of drug-likeness (QED) is 0.515. The van der Waals surface area contributed by atoms with Crippen LogP contribution in [0.2, 0.25) is 19.6 Å². The minimum absolute atomic E-state index is 0.279. The molecule has 1 fully saturated rings. The van der Waals surface area contributed by atoms with Gasteiger partial charge in [-0.15, -0.1) is 0 Å². The van der Waals surface area contributed by atoms with Crippen molar-refractivity contribution in [1.82, 2.24) is 0 Å². The maximum Gasteiger partial charge on any atom is 0.241 e. The van der Waals surface area contributed by atoms with Crippen molar-refractivity contribution in [3.05, 3.63) is 71.5 Å². The Balaban J connectivity index is 1.80. The SMILES string of the molecule is COc1ccc([C@@H]2CC(O[Si](C)(C)C)=C3CCCC[C@@H]3N2c2ccccc2)cc1. The van der Waals surface area contributed by atoms with Crippen LogP contribution in [0.4, 0.5) is 5.69 Å². The van der Waals surface area contributed by atoms with Crippen molar-refractivity contribution >= 4 is 14.0 Å². The molecule has 0 spiro atoms. The third-order valence-corrected chi connectivity index (χ3v) is 6.83. The molecule has 1 aliphatic carbocycles. The standard InChI is InChI=1S/C25H33NO2Si/c1-27-21-16-14-19(15-17-21)24-18-25(28-29(2,3)4)22-12-8-9-13-23(22)26(24)20-10-6-5-7-11-20/h5-7,10-11,14-17,23-24H,8-9,12-13,18H2,1-4H3/t23-,24-/m0/s1. The van der Waals surface area contributed by atoms with E-state index < -0.39 is 8.32 Å². The number of rotatable bonds is 5. The van der Waals surface area contributed by atoms with Crippen LogP contribution in [-0.4, -0.2) is 21.5 Å². The Kier molecular flexibility index (Phi) is 5.73. The van der Waals surface area contributed by atoms with Gasteiger partial charge < -0.3 is 14.1 Å². The highest BCUT2D eigenvalue weighted by molar-refractivity contribution is 6.70. The first-order chi connectivity index (χ1) is 14.0. The summed E-state index contributed by atoms with van der Waals surface area (Å²) in [4.78, 5) is 2.66. The zero-order valence-corrected chi connectivity index (χ0v) is 19.2. The summed E-state index contributed by atoms with van der Waals surface area (Å²) < 4.78 is 12.1. The predicted molar refractivity (Wildman–Crippen MR) is 123 cm³/mol. The van der Waals surface area contributed by atoms with Gasteiger partial charge in [-0.1, -0.05) is 36.8 Å². The number of anilines is 1. The van der Waals surface area contributed by atoms with Gasteiger partial charge in [-0.25, -0.2) is 0 Å². The average Bonchev–Trinajstić information content (AvgIpc) is 2.73. The van der Waals surface area contributed by atoms with Crippen molar-refractivity contribution < 1.29 is 9.16 Å². The highest BCUT2D eigenvalue weighted by Crippen LogP contribution is 2.46. The second kappa shape index (κ2) is 8.27. The molecule has 0 bridgehead atoms. The molecule has 0 amide bonds. The van der Waals surface area contributed by atoms with Crippen molar-refractivity contribution in [2.24, 2.45) is 0 Å². The van der Waals surface area contributed by atoms with Crippen LogP contribution in [0.1, 0.15) is 43.7 Å². The number of para-hydroxylation sites is 1. The Morgan fingerprint density at radius 1 is 0.897 bits per heavy atom. The molecule has 0 radical (unpaired) electrons. The molecule has 2 aromatic carbocycles. The Morgan fingerprint density at radius 2 is 1.62 bits per heavy atom. The normalized spacial score (nSPS) is 22.3. The first-order valence-corrected chi connectivity index (χ1v) is 14.3. The molecule has 2 aliphatic rings. The Morgan fingerprint density at radius 3 is 2.28 bits per heavy atom. The molecular weight excluding hydrogens is 374 g/mol. The van der Waals surface area contributed by atoms with Crippen LogP contribution in [0.15, 0.2) is 65.9 Å². The van der Waals surface area contributed by atoms with Crippen LogP contribution in [0, 0.1) is 0 Å². The molecule has 154 valence electrons. The summed E-state index contributed by atoms with van der Waals surface area (Å²) in [5.74, 6) is 2.19. The molecule has 1 heterocycles. The molecule has 2 atom stereocenters. The van der Waals surface area contributed by atoms with Gasteiger partial charge in [-0.3, -0.25) is 0 Å². The van der Waals surface area contributed by atoms with Gasteiger partial charge in [0.25, 0.3) is 0 Å². The molecule has 29 heavy (non-hydrogen) atoms. The first kappa shape index (κ1) is 20.1. The van der Waals surface area contributed by atoms with Crippen LogP contribution in [0.25, 0.3) is 0 Å². The first-order valence-electron chi connectivity index (χ1n) is 10.8. The zero-order chi connectivity index (χ0) is 20.4. The van der Waals surface area contributed by atoms with Crippen molar-refractivity contribution in [2.45, 2.75) is 63.8 Å². The molecule has 1 saturated carbocycles. The molecule has 4 heteroatoms. The number of fused-ring (bicyclic) bond motifs is 1. The smallest absolute Gasteiger partial charge is 0.241 e. The Labute approximate surface area is 176 Å². The highest BCUT2D eigenvalue weighted by atomic mass is 28.4. The van der Waals surface area contributed by atoms with Crippen LogP contribution in [0.3, 0.4) is 0 Å². The second-order valence-corrected chi connectivity index (χ2v) is 13.6. The van der Waals surface area contributed by atoms with E-state index in [1.807, 2.05) is 0 Å². The molecule has 0 N–H and O–H groups in total. The Hall–Kier alpha value is -2.20. The van der Waals surface area contributed by atoms with Gasteiger partial charge in [0.15, 0.2) is 0 Å². The van der Waals surface area contributed by atoms with E-state index in [1.54, 1.807) is 12.7 Å². The fraction of sp³-hybridized carbons (Fsp3) is 0.440. The van der Waals surface area contributed by atoms with E-state index in [-0.39, 0.29) is 6.04 Å². The fourth-order valence-electron chi connectivity index (χ4n) is 4.79. The number of hydrogen-bond donors (Lipinski definition) is 0. The van der Waals surface area contributed by atoms with Crippen molar-refractivity contribution in [2.75, 3.05) is 12.0 Å². The molecule has 0 aromatic heterocycles. The summed E-state index contributed by atoms with van der Waals surface area (Å²) >= 11 is 0. The van der Waals surface area contributed by atoms with Gasteiger partial charge >= 0.3 is 0 Å². The van der Waals surface area contributed by atoms with Gasteiger partial charge in [0, 0.05) is 12.1 Å². The van der Waals surface area contributed by atoms with Gasteiger partial charge in [-0.05, 0) is 74.3 Å². The van der Waals surface area contributed by atoms with Crippen molar-refractivity contribution in [3.63, 3.8) is 0 Å². The molecule has 0 unspecified atom stereocenters. The molecule has 4 rings (SSSR count). The van der Waals surface area contributed by atoms with Crippen LogP contribution < -0.4 is 9.64 Å². The van der Waals surface area contributed by atoms with E-state index in [4.69, 9.17) is 9.16 Å². The summed E-state index contributed by atoms with van der Waals surface area (Å²) in [6.07, 6.45) is 5.88. The minimum Gasteiger partial charge on any atom is -0.547 e. The van der Waals surface area contributed by atoms with Crippen molar-refractivity contribution in [1.29, 1.82) is 0 Å². The lowest BCUT2D eigenvalue weighted by Gasteiger charge is -2.48. The van der Waals surface area contributed by atoms with Crippen LogP contribution >= 0.6 is 0 Å². The number of hydrogen-bond acceptors (Lipinski definition) is 3. The fourth-order valence-corrected chi connectivity index (χ4v) is 5.74. The van der Waals surface area contributed by atoms with E-state index in [2.05, 4.69) is 79.1 Å². The van der Waals surface area contributed by atoms with Crippen LogP contribution in [-0.2, 0) is 4.43 Å². The lowest BCUT2D eigenvalue weighted by atomic mass is 9.81. The molecular formula is C25H33NO2Si. The molecule has 2 aromatic rings. The zero-order valence-electron chi connectivity index (χ0n) is 18.2. The van der Waals surface area contributed by atoms with Crippen molar-refractivity contribution in [3.8, 4) is 5.75 Å². The molecule has 0 saturated heterocycles.